The highest BCUT2D eigenvalue weighted by atomic mass is 15.1. The van der Waals surface area contributed by atoms with Crippen LogP contribution in [0.25, 0.3) is 0 Å². The van der Waals surface area contributed by atoms with E-state index in [1.54, 1.807) is 0 Å². The molecule has 1 aromatic heterocycles. The lowest BCUT2D eigenvalue weighted by Crippen LogP contribution is -2.33. The molecule has 5 nitrogen and oxygen atoms in total. The van der Waals surface area contributed by atoms with Crippen molar-refractivity contribution in [3.63, 3.8) is 0 Å². The average Bonchev–Trinajstić information content (AvgIpc) is 2.31. The minimum Gasteiger partial charge on any atom is -0.370 e. The van der Waals surface area contributed by atoms with Crippen molar-refractivity contribution >= 4 is 17.6 Å². The summed E-state index contributed by atoms with van der Waals surface area (Å²) >= 11 is 0. The van der Waals surface area contributed by atoms with E-state index in [2.05, 4.69) is 34.4 Å². The van der Waals surface area contributed by atoms with Gasteiger partial charge in [-0.15, -0.1) is 0 Å². The Labute approximate surface area is 109 Å². The van der Waals surface area contributed by atoms with Gasteiger partial charge >= 0.3 is 0 Å². The van der Waals surface area contributed by atoms with Crippen molar-refractivity contribution in [1.29, 1.82) is 0 Å². The molecule has 1 aliphatic carbocycles. The van der Waals surface area contributed by atoms with Gasteiger partial charge in [-0.25, -0.2) is 0 Å². The van der Waals surface area contributed by atoms with Crippen LogP contribution >= 0.6 is 0 Å². The smallest absolute Gasteiger partial charge is 0.223 e. The Balaban J connectivity index is 1.96. The van der Waals surface area contributed by atoms with E-state index < -0.39 is 0 Å². The highest BCUT2D eigenvalue weighted by molar-refractivity contribution is 5.51. The van der Waals surface area contributed by atoms with Crippen molar-refractivity contribution in [1.82, 2.24) is 9.97 Å². The van der Waals surface area contributed by atoms with Crippen molar-refractivity contribution in [2.75, 3.05) is 29.5 Å². The zero-order valence-electron chi connectivity index (χ0n) is 11.3. The summed E-state index contributed by atoms with van der Waals surface area (Å²) in [5, 5.41) is 6.60. The molecule has 0 saturated heterocycles. The standard InChI is InChI=1S/C13H23N5/c1-3-7-15-10-8-11(18-12(14)17-10)16-9-13(2)5-4-6-13/h8H,3-7,9H2,1-2H3,(H4,14,15,16,17,18). The van der Waals surface area contributed by atoms with Gasteiger partial charge in [-0.1, -0.05) is 20.3 Å². The van der Waals surface area contributed by atoms with E-state index >= 15 is 0 Å². The summed E-state index contributed by atoms with van der Waals surface area (Å²) < 4.78 is 0. The minimum absolute atomic E-state index is 0.317. The molecule has 0 aliphatic heterocycles. The number of nitrogens with two attached hydrogens (primary N) is 1. The molecule has 0 amide bonds. The Kier molecular flexibility index (Phi) is 3.89. The molecule has 0 atom stereocenters. The van der Waals surface area contributed by atoms with Crippen molar-refractivity contribution in [3.8, 4) is 0 Å². The first-order chi connectivity index (χ1) is 8.61. The van der Waals surface area contributed by atoms with Crippen molar-refractivity contribution < 1.29 is 0 Å². The van der Waals surface area contributed by atoms with Crippen LogP contribution in [0.15, 0.2) is 6.07 Å². The number of aromatic nitrogens is 2. The molecule has 1 saturated carbocycles. The number of nitrogens with one attached hydrogen (secondary N) is 2. The van der Waals surface area contributed by atoms with E-state index in [4.69, 9.17) is 5.73 Å². The van der Waals surface area contributed by atoms with Crippen LogP contribution in [0.5, 0.6) is 0 Å². The van der Waals surface area contributed by atoms with Gasteiger partial charge in [0, 0.05) is 19.2 Å². The van der Waals surface area contributed by atoms with E-state index in [1.165, 1.54) is 19.3 Å². The van der Waals surface area contributed by atoms with Crippen molar-refractivity contribution in [3.05, 3.63) is 6.07 Å². The number of hydrogen-bond acceptors (Lipinski definition) is 5. The summed E-state index contributed by atoms with van der Waals surface area (Å²) in [5.41, 5.74) is 6.14. The maximum Gasteiger partial charge on any atom is 0.223 e. The summed E-state index contributed by atoms with van der Waals surface area (Å²) in [5.74, 6) is 1.93. The van der Waals surface area contributed by atoms with Crippen LogP contribution in [-0.4, -0.2) is 23.1 Å². The molecule has 100 valence electrons. The van der Waals surface area contributed by atoms with Gasteiger partial charge in [-0.05, 0) is 24.7 Å². The second kappa shape index (κ2) is 5.42. The van der Waals surface area contributed by atoms with Gasteiger partial charge < -0.3 is 16.4 Å². The second-order valence-electron chi connectivity index (χ2n) is 5.44. The lowest BCUT2D eigenvalue weighted by molar-refractivity contribution is 0.180. The molecule has 5 heteroatoms. The molecule has 0 radical (unpaired) electrons. The van der Waals surface area contributed by atoms with Crippen LogP contribution < -0.4 is 16.4 Å². The Morgan fingerprint density at radius 3 is 2.50 bits per heavy atom. The monoisotopic (exact) mass is 249 g/mol. The molecular formula is C13H23N5. The lowest BCUT2D eigenvalue weighted by atomic mass is 9.70. The minimum atomic E-state index is 0.317. The van der Waals surface area contributed by atoms with Crippen molar-refractivity contribution in [2.45, 2.75) is 39.5 Å². The van der Waals surface area contributed by atoms with E-state index in [0.717, 1.165) is 31.1 Å². The lowest BCUT2D eigenvalue weighted by Gasteiger charge is -2.38. The molecule has 0 spiro atoms. The maximum atomic E-state index is 5.71. The molecule has 0 unspecified atom stereocenters. The van der Waals surface area contributed by atoms with Crippen LogP contribution in [0.4, 0.5) is 17.6 Å². The van der Waals surface area contributed by atoms with Gasteiger partial charge in [0.25, 0.3) is 0 Å². The molecule has 1 aliphatic rings. The number of nitrogen functional groups attached to an aromatic ring is 1. The topological polar surface area (TPSA) is 75.9 Å². The highest BCUT2D eigenvalue weighted by Crippen LogP contribution is 2.40. The molecule has 0 aromatic carbocycles. The quantitative estimate of drug-likeness (QED) is 0.722. The fraction of sp³-hybridized carbons (Fsp3) is 0.692. The number of anilines is 3. The molecule has 1 fully saturated rings. The van der Waals surface area contributed by atoms with E-state index in [1.807, 2.05) is 6.07 Å². The van der Waals surface area contributed by atoms with Crippen LogP contribution in [0, 0.1) is 5.41 Å². The third kappa shape index (κ3) is 3.24. The van der Waals surface area contributed by atoms with Gasteiger partial charge in [0.1, 0.15) is 11.6 Å². The van der Waals surface area contributed by atoms with Gasteiger partial charge in [0.05, 0.1) is 0 Å². The predicted molar refractivity (Wildman–Crippen MR) is 75.7 cm³/mol. The summed E-state index contributed by atoms with van der Waals surface area (Å²) in [4.78, 5) is 8.38. The first kappa shape index (κ1) is 12.9. The van der Waals surface area contributed by atoms with Gasteiger partial charge in [0.15, 0.2) is 0 Å². The van der Waals surface area contributed by atoms with Crippen LogP contribution in [-0.2, 0) is 0 Å². The Morgan fingerprint density at radius 1 is 1.28 bits per heavy atom. The van der Waals surface area contributed by atoms with E-state index in [-0.39, 0.29) is 0 Å². The van der Waals surface area contributed by atoms with Gasteiger partial charge in [0.2, 0.25) is 5.95 Å². The summed E-state index contributed by atoms with van der Waals surface area (Å²) in [6.45, 7) is 6.28. The number of rotatable bonds is 6. The Bertz CT molecular complexity index is 400. The molecule has 2 rings (SSSR count). The SMILES string of the molecule is CCCNc1cc(NCC2(C)CCC2)nc(N)n1. The third-order valence-electron chi connectivity index (χ3n) is 3.56. The molecule has 4 N–H and O–H groups in total. The molecule has 18 heavy (non-hydrogen) atoms. The third-order valence-corrected chi connectivity index (χ3v) is 3.56. The zero-order valence-corrected chi connectivity index (χ0v) is 11.3. The number of hydrogen-bond donors (Lipinski definition) is 3. The van der Waals surface area contributed by atoms with E-state index in [0.29, 0.717) is 11.4 Å². The summed E-state index contributed by atoms with van der Waals surface area (Å²) in [6.07, 6.45) is 4.99. The molecular weight excluding hydrogens is 226 g/mol. The van der Waals surface area contributed by atoms with Crippen LogP contribution in [0.1, 0.15) is 39.5 Å². The first-order valence-corrected chi connectivity index (χ1v) is 6.74. The largest absolute Gasteiger partial charge is 0.370 e. The zero-order chi connectivity index (χ0) is 13.0. The fourth-order valence-electron chi connectivity index (χ4n) is 2.16. The maximum absolute atomic E-state index is 5.71. The summed E-state index contributed by atoms with van der Waals surface area (Å²) in [6, 6.07) is 1.92. The molecule has 1 heterocycles. The van der Waals surface area contributed by atoms with E-state index in [9.17, 15) is 0 Å². The molecule has 0 bridgehead atoms. The Morgan fingerprint density at radius 2 is 1.94 bits per heavy atom. The van der Waals surface area contributed by atoms with Crippen molar-refractivity contribution in [2.24, 2.45) is 5.41 Å². The fourth-order valence-corrected chi connectivity index (χ4v) is 2.16. The van der Waals surface area contributed by atoms with Crippen LogP contribution in [0.3, 0.4) is 0 Å². The van der Waals surface area contributed by atoms with Crippen LogP contribution in [0.2, 0.25) is 0 Å². The first-order valence-electron chi connectivity index (χ1n) is 6.74. The highest BCUT2D eigenvalue weighted by Gasteiger charge is 2.31. The number of nitrogens with zero attached hydrogens (tertiary/aromatic N) is 2. The average molecular weight is 249 g/mol. The predicted octanol–water partition coefficient (Wildman–Crippen LogP) is 2.48. The normalized spacial score (nSPS) is 17.0. The van der Waals surface area contributed by atoms with Gasteiger partial charge in [-0.2, -0.15) is 9.97 Å². The Hall–Kier alpha value is -1.52. The summed E-state index contributed by atoms with van der Waals surface area (Å²) in [7, 11) is 0. The molecule has 1 aromatic rings. The second-order valence-corrected chi connectivity index (χ2v) is 5.44. The van der Waals surface area contributed by atoms with Gasteiger partial charge in [-0.3, -0.25) is 0 Å².